The Morgan fingerprint density at radius 2 is 2.10 bits per heavy atom. The largest absolute Gasteiger partial charge is 0.324 e. The standard InChI is InChI=1S/C6H15O2PS/c1-4-6-10-9(7,5-2)8-3/h4-6H2,1-3H3. The van der Waals surface area contributed by atoms with Gasteiger partial charge in [0.2, 0.25) is 0 Å². The van der Waals surface area contributed by atoms with Crippen molar-refractivity contribution in [2.45, 2.75) is 20.3 Å². The van der Waals surface area contributed by atoms with Crippen molar-refractivity contribution in [1.29, 1.82) is 0 Å². The van der Waals surface area contributed by atoms with E-state index in [0.29, 0.717) is 6.16 Å². The van der Waals surface area contributed by atoms with E-state index in [1.807, 2.05) is 6.92 Å². The van der Waals surface area contributed by atoms with E-state index in [4.69, 9.17) is 4.52 Å². The second-order valence-corrected chi connectivity index (χ2v) is 7.27. The third-order valence-electron chi connectivity index (χ3n) is 1.16. The Kier molecular flexibility index (Phi) is 5.51. The summed E-state index contributed by atoms with van der Waals surface area (Å²) in [6.07, 6.45) is 1.69. The molecule has 62 valence electrons. The molecular formula is C6H15O2PS. The van der Waals surface area contributed by atoms with E-state index in [9.17, 15) is 4.57 Å². The lowest BCUT2D eigenvalue weighted by atomic mass is 10.6. The zero-order valence-corrected chi connectivity index (χ0v) is 8.50. The fourth-order valence-corrected chi connectivity index (χ4v) is 3.76. The van der Waals surface area contributed by atoms with Crippen molar-refractivity contribution < 1.29 is 9.09 Å². The summed E-state index contributed by atoms with van der Waals surface area (Å²) in [5.41, 5.74) is 0. The normalized spacial score (nSPS) is 16.7. The first kappa shape index (κ1) is 10.5. The molecule has 0 N–H and O–H groups in total. The molecule has 0 aromatic heterocycles. The smallest absolute Gasteiger partial charge is 0.257 e. The van der Waals surface area contributed by atoms with Gasteiger partial charge in [0.05, 0.1) is 0 Å². The van der Waals surface area contributed by atoms with E-state index in [-0.39, 0.29) is 0 Å². The molecule has 10 heavy (non-hydrogen) atoms. The summed E-state index contributed by atoms with van der Waals surface area (Å²) in [6, 6.07) is 0. The molecule has 0 aromatic carbocycles. The van der Waals surface area contributed by atoms with Crippen molar-refractivity contribution in [1.82, 2.24) is 0 Å². The first-order chi connectivity index (χ1) is 4.68. The summed E-state index contributed by atoms with van der Waals surface area (Å²) in [6.45, 7) is 1.69. The van der Waals surface area contributed by atoms with Gasteiger partial charge in [-0.15, -0.1) is 0 Å². The molecule has 1 unspecified atom stereocenters. The van der Waals surface area contributed by atoms with Crippen LogP contribution in [-0.4, -0.2) is 19.0 Å². The molecule has 0 rings (SSSR count). The molecule has 0 bridgehead atoms. The Hall–Kier alpha value is 0.540. The minimum Gasteiger partial charge on any atom is -0.324 e. The Morgan fingerprint density at radius 3 is 2.40 bits per heavy atom. The zero-order chi connectivity index (χ0) is 8.04. The maximum absolute atomic E-state index is 11.5. The van der Waals surface area contributed by atoms with Crippen molar-refractivity contribution in [2.75, 3.05) is 19.0 Å². The van der Waals surface area contributed by atoms with Crippen LogP contribution >= 0.6 is 18.0 Å². The van der Waals surface area contributed by atoms with Gasteiger partial charge in [-0.05, 0) is 6.42 Å². The molecular weight excluding hydrogens is 167 g/mol. The first-order valence-corrected chi connectivity index (χ1v) is 6.88. The summed E-state index contributed by atoms with van der Waals surface area (Å²) in [5, 5.41) is 0. The van der Waals surface area contributed by atoms with Crippen LogP contribution in [0, 0.1) is 0 Å². The molecule has 0 spiro atoms. The van der Waals surface area contributed by atoms with Gasteiger partial charge in [-0.1, -0.05) is 25.2 Å². The minimum absolute atomic E-state index is 0.633. The predicted molar refractivity (Wildman–Crippen MR) is 47.9 cm³/mol. The summed E-state index contributed by atoms with van der Waals surface area (Å²) < 4.78 is 16.4. The Bertz CT molecular complexity index is 119. The molecule has 0 aliphatic heterocycles. The lowest BCUT2D eigenvalue weighted by molar-refractivity contribution is 0.410. The number of hydrogen-bond acceptors (Lipinski definition) is 3. The molecule has 0 fully saturated rings. The molecule has 0 aliphatic rings. The molecule has 0 heterocycles. The third kappa shape index (κ3) is 3.65. The van der Waals surface area contributed by atoms with Gasteiger partial charge in [0.1, 0.15) is 0 Å². The molecule has 1 atom stereocenters. The maximum atomic E-state index is 11.5. The van der Waals surface area contributed by atoms with E-state index in [1.54, 1.807) is 0 Å². The molecule has 0 aliphatic carbocycles. The van der Waals surface area contributed by atoms with Crippen LogP contribution in [0.2, 0.25) is 0 Å². The molecule has 0 amide bonds. The van der Waals surface area contributed by atoms with Crippen molar-refractivity contribution in [3.8, 4) is 0 Å². The van der Waals surface area contributed by atoms with Crippen molar-refractivity contribution >= 4 is 18.0 Å². The average Bonchev–Trinajstić information content (AvgIpc) is 2.00. The molecule has 0 saturated carbocycles. The van der Waals surface area contributed by atoms with Gasteiger partial charge in [-0.3, -0.25) is 4.57 Å². The van der Waals surface area contributed by atoms with Crippen molar-refractivity contribution in [3.63, 3.8) is 0 Å². The minimum atomic E-state index is -2.28. The highest BCUT2D eigenvalue weighted by atomic mass is 32.7. The predicted octanol–water partition coefficient (Wildman–Crippen LogP) is 2.99. The van der Waals surface area contributed by atoms with Crippen LogP contribution in [0.1, 0.15) is 20.3 Å². The SMILES string of the molecule is CCCSP(=O)(CC)OC. The third-order valence-corrected chi connectivity index (χ3v) is 6.42. The van der Waals surface area contributed by atoms with Crippen LogP contribution in [0.5, 0.6) is 0 Å². The van der Waals surface area contributed by atoms with E-state index < -0.39 is 6.57 Å². The molecule has 0 aromatic rings. The van der Waals surface area contributed by atoms with Crippen LogP contribution in [0.25, 0.3) is 0 Å². The lowest BCUT2D eigenvalue weighted by Gasteiger charge is -2.11. The van der Waals surface area contributed by atoms with Gasteiger partial charge in [-0.2, -0.15) is 0 Å². The summed E-state index contributed by atoms with van der Waals surface area (Å²) >= 11 is 1.46. The Balaban J connectivity index is 3.70. The van der Waals surface area contributed by atoms with Gasteiger partial charge in [0.15, 0.2) is 0 Å². The van der Waals surface area contributed by atoms with Gasteiger partial charge >= 0.3 is 0 Å². The second-order valence-electron chi connectivity index (χ2n) is 1.94. The number of hydrogen-bond donors (Lipinski definition) is 0. The summed E-state index contributed by atoms with van der Waals surface area (Å²) in [5.74, 6) is 0.930. The highest BCUT2D eigenvalue weighted by molar-refractivity contribution is 8.56. The number of rotatable bonds is 5. The van der Waals surface area contributed by atoms with Crippen LogP contribution in [0.15, 0.2) is 0 Å². The molecule has 0 radical (unpaired) electrons. The fraction of sp³-hybridized carbons (Fsp3) is 1.00. The second kappa shape index (κ2) is 5.22. The molecule has 4 heteroatoms. The fourth-order valence-electron chi connectivity index (χ4n) is 0.503. The van der Waals surface area contributed by atoms with E-state index in [0.717, 1.165) is 12.2 Å². The van der Waals surface area contributed by atoms with Crippen LogP contribution in [0.3, 0.4) is 0 Å². The Morgan fingerprint density at radius 1 is 1.50 bits per heavy atom. The topological polar surface area (TPSA) is 26.3 Å². The zero-order valence-electron chi connectivity index (χ0n) is 6.79. The van der Waals surface area contributed by atoms with Gasteiger partial charge in [0, 0.05) is 19.0 Å². The summed E-state index contributed by atoms with van der Waals surface area (Å²) in [4.78, 5) is 0. The van der Waals surface area contributed by atoms with Crippen molar-refractivity contribution in [2.24, 2.45) is 0 Å². The average molecular weight is 182 g/mol. The highest BCUT2D eigenvalue weighted by Gasteiger charge is 2.17. The van der Waals surface area contributed by atoms with Crippen LogP contribution in [0.4, 0.5) is 0 Å². The first-order valence-electron chi connectivity index (χ1n) is 3.48. The highest BCUT2D eigenvalue weighted by Crippen LogP contribution is 2.58. The quantitative estimate of drug-likeness (QED) is 0.611. The van der Waals surface area contributed by atoms with Gasteiger partial charge in [-0.25, -0.2) is 0 Å². The Labute approximate surface area is 66.9 Å². The lowest BCUT2D eigenvalue weighted by Crippen LogP contribution is -1.84. The van der Waals surface area contributed by atoms with Crippen LogP contribution in [-0.2, 0) is 9.09 Å². The van der Waals surface area contributed by atoms with Gasteiger partial charge in [0.25, 0.3) is 6.57 Å². The monoisotopic (exact) mass is 182 g/mol. The van der Waals surface area contributed by atoms with E-state index in [1.165, 1.54) is 18.5 Å². The van der Waals surface area contributed by atoms with Gasteiger partial charge < -0.3 is 4.52 Å². The van der Waals surface area contributed by atoms with E-state index in [2.05, 4.69) is 6.92 Å². The summed E-state index contributed by atoms with van der Waals surface area (Å²) in [7, 11) is 1.52. The molecule has 0 saturated heterocycles. The van der Waals surface area contributed by atoms with E-state index >= 15 is 0 Å². The van der Waals surface area contributed by atoms with Crippen LogP contribution < -0.4 is 0 Å². The van der Waals surface area contributed by atoms with Crippen molar-refractivity contribution in [3.05, 3.63) is 0 Å². The maximum Gasteiger partial charge on any atom is 0.257 e. The molecule has 2 nitrogen and oxygen atoms in total.